The molecule has 0 saturated carbocycles. The van der Waals surface area contributed by atoms with Gasteiger partial charge in [0.15, 0.2) is 0 Å². The molecule has 146 valence electrons. The summed E-state index contributed by atoms with van der Waals surface area (Å²) < 4.78 is 44.0. The Morgan fingerprint density at radius 1 is 1.22 bits per heavy atom. The van der Waals surface area contributed by atoms with E-state index in [0.29, 0.717) is 13.1 Å². The van der Waals surface area contributed by atoms with Crippen LogP contribution in [0.1, 0.15) is 25.0 Å². The fraction of sp³-hybridized carbons (Fsp3) is 0.421. The topological polar surface area (TPSA) is 63.9 Å². The van der Waals surface area contributed by atoms with Crippen molar-refractivity contribution in [1.29, 1.82) is 0 Å². The van der Waals surface area contributed by atoms with Gasteiger partial charge in [-0.05, 0) is 19.9 Å². The molecule has 8 heteroatoms. The number of rotatable bonds is 5. The summed E-state index contributed by atoms with van der Waals surface area (Å²) in [4.78, 5) is 13.9. The fourth-order valence-corrected chi connectivity index (χ4v) is 3.04. The molecule has 1 fully saturated rings. The zero-order valence-electron chi connectivity index (χ0n) is 15.2. The average Bonchev–Trinajstić information content (AvgIpc) is 3.12. The van der Waals surface area contributed by atoms with Crippen LogP contribution in [-0.2, 0) is 18.0 Å². The number of carbonyl (C=O) groups excluding carboxylic acids is 1. The van der Waals surface area contributed by atoms with Crippen molar-refractivity contribution in [2.75, 3.05) is 13.1 Å². The Morgan fingerprint density at radius 3 is 2.48 bits per heavy atom. The van der Waals surface area contributed by atoms with Crippen LogP contribution in [-0.4, -0.2) is 36.2 Å². The van der Waals surface area contributed by atoms with Crippen molar-refractivity contribution in [3.8, 4) is 5.75 Å². The second-order valence-corrected chi connectivity index (χ2v) is 6.60. The van der Waals surface area contributed by atoms with Crippen molar-refractivity contribution in [3.63, 3.8) is 0 Å². The van der Waals surface area contributed by atoms with Gasteiger partial charge in [0.2, 0.25) is 0 Å². The van der Waals surface area contributed by atoms with Crippen LogP contribution in [0.5, 0.6) is 5.75 Å². The Kier molecular flexibility index (Phi) is 5.95. The standard InChI is InChI=1S/C19H22F2N2O4/c1-12-7-22-8-13(2)23(12)19(24)27-11-16-17(20)5-15(6-18(16)21)26-10-14-3-4-25-9-14/h3-6,9,12-13,22H,7-8,10-11H2,1-2H3. The fourth-order valence-electron chi connectivity index (χ4n) is 3.04. The van der Waals surface area contributed by atoms with E-state index in [1.807, 2.05) is 13.8 Å². The Bertz CT molecular complexity index is 749. The normalized spacial score (nSPS) is 19.8. The third kappa shape index (κ3) is 4.57. The smallest absolute Gasteiger partial charge is 0.410 e. The van der Waals surface area contributed by atoms with Gasteiger partial charge in [-0.1, -0.05) is 0 Å². The summed E-state index contributed by atoms with van der Waals surface area (Å²) in [5.41, 5.74) is 0.433. The number of nitrogens with zero attached hydrogens (tertiary/aromatic N) is 1. The first-order chi connectivity index (χ1) is 13.0. The molecule has 2 atom stereocenters. The van der Waals surface area contributed by atoms with Gasteiger partial charge in [0.05, 0.1) is 18.1 Å². The van der Waals surface area contributed by atoms with Crippen LogP contribution in [0.25, 0.3) is 0 Å². The Hall–Kier alpha value is -2.61. The molecule has 2 unspecified atom stereocenters. The number of piperazine rings is 1. The first kappa shape index (κ1) is 19.2. The number of hydrogen-bond donors (Lipinski definition) is 1. The quantitative estimate of drug-likeness (QED) is 0.861. The van der Waals surface area contributed by atoms with Crippen LogP contribution in [0.2, 0.25) is 0 Å². The second kappa shape index (κ2) is 8.39. The molecule has 1 saturated heterocycles. The van der Waals surface area contributed by atoms with Crippen LogP contribution in [0.3, 0.4) is 0 Å². The molecule has 1 amide bonds. The summed E-state index contributed by atoms with van der Waals surface area (Å²) in [5.74, 6) is -1.61. The van der Waals surface area contributed by atoms with Crippen molar-refractivity contribution < 1.29 is 27.5 Å². The summed E-state index contributed by atoms with van der Waals surface area (Å²) in [6, 6.07) is 3.72. The molecule has 2 heterocycles. The van der Waals surface area contributed by atoms with Crippen LogP contribution >= 0.6 is 0 Å². The maximum Gasteiger partial charge on any atom is 0.410 e. The predicted octanol–water partition coefficient (Wildman–Crippen LogP) is 3.46. The molecule has 1 aliphatic rings. The van der Waals surface area contributed by atoms with E-state index < -0.39 is 24.3 Å². The Morgan fingerprint density at radius 2 is 1.89 bits per heavy atom. The molecule has 0 bridgehead atoms. The highest BCUT2D eigenvalue weighted by Gasteiger charge is 2.30. The summed E-state index contributed by atoms with van der Waals surface area (Å²) in [7, 11) is 0. The Balaban J connectivity index is 1.62. The molecule has 1 aromatic heterocycles. The van der Waals surface area contributed by atoms with E-state index in [4.69, 9.17) is 13.9 Å². The van der Waals surface area contributed by atoms with Crippen molar-refractivity contribution in [3.05, 3.63) is 53.5 Å². The highest BCUT2D eigenvalue weighted by molar-refractivity contribution is 5.68. The minimum atomic E-state index is -0.827. The van der Waals surface area contributed by atoms with Crippen molar-refractivity contribution >= 4 is 6.09 Å². The molecule has 0 aliphatic carbocycles. The Labute approximate surface area is 156 Å². The van der Waals surface area contributed by atoms with Crippen molar-refractivity contribution in [2.24, 2.45) is 0 Å². The number of benzene rings is 1. The van der Waals surface area contributed by atoms with Crippen LogP contribution in [0, 0.1) is 11.6 Å². The molecule has 2 aromatic rings. The van der Waals surface area contributed by atoms with Gasteiger partial charge in [-0.25, -0.2) is 13.6 Å². The van der Waals surface area contributed by atoms with Crippen LogP contribution < -0.4 is 10.1 Å². The summed E-state index contributed by atoms with van der Waals surface area (Å²) >= 11 is 0. The molecule has 3 rings (SSSR count). The first-order valence-corrected chi connectivity index (χ1v) is 8.73. The van der Waals surface area contributed by atoms with Crippen molar-refractivity contribution in [1.82, 2.24) is 10.2 Å². The van der Waals surface area contributed by atoms with E-state index in [1.54, 1.807) is 11.0 Å². The molecule has 0 radical (unpaired) electrons. The van der Waals surface area contributed by atoms with Gasteiger partial charge in [-0.15, -0.1) is 0 Å². The maximum atomic E-state index is 14.3. The van der Waals surface area contributed by atoms with Gasteiger partial charge < -0.3 is 24.1 Å². The third-order valence-corrected chi connectivity index (χ3v) is 4.48. The molecule has 0 spiro atoms. The predicted molar refractivity (Wildman–Crippen MR) is 93.2 cm³/mol. The lowest BCUT2D eigenvalue weighted by molar-refractivity contribution is 0.0551. The number of furan rings is 1. The highest BCUT2D eigenvalue weighted by Crippen LogP contribution is 2.23. The molecular weight excluding hydrogens is 358 g/mol. The molecular formula is C19H22F2N2O4. The van der Waals surface area contributed by atoms with Gasteiger partial charge in [-0.3, -0.25) is 0 Å². The van der Waals surface area contributed by atoms with E-state index in [2.05, 4.69) is 5.32 Å². The van der Waals surface area contributed by atoms with E-state index in [0.717, 1.165) is 17.7 Å². The summed E-state index contributed by atoms with van der Waals surface area (Å²) in [6.45, 7) is 4.70. The zero-order chi connectivity index (χ0) is 19.4. The lowest BCUT2D eigenvalue weighted by Crippen LogP contribution is -2.57. The average molecular weight is 380 g/mol. The lowest BCUT2D eigenvalue weighted by atomic mass is 10.1. The van der Waals surface area contributed by atoms with Crippen molar-refractivity contribution in [2.45, 2.75) is 39.1 Å². The largest absolute Gasteiger partial charge is 0.489 e. The third-order valence-electron chi connectivity index (χ3n) is 4.48. The van der Waals surface area contributed by atoms with E-state index in [1.165, 1.54) is 12.5 Å². The first-order valence-electron chi connectivity index (χ1n) is 8.73. The van der Waals surface area contributed by atoms with Crippen LogP contribution in [0.4, 0.5) is 13.6 Å². The monoisotopic (exact) mass is 380 g/mol. The lowest BCUT2D eigenvalue weighted by Gasteiger charge is -2.38. The number of halogens is 2. The number of nitrogens with one attached hydrogen (secondary N) is 1. The number of hydrogen-bond acceptors (Lipinski definition) is 5. The number of amides is 1. The molecule has 1 N–H and O–H groups in total. The van der Waals surface area contributed by atoms with Gasteiger partial charge in [0, 0.05) is 42.9 Å². The number of carbonyl (C=O) groups is 1. The van der Waals surface area contributed by atoms with E-state index >= 15 is 0 Å². The van der Waals surface area contributed by atoms with Crippen LogP contribution in [0.15, 0.2) is 35.1 Å². The minimum absolute atomic E-state index is 0.0469. The minimum Gasteiger partial charge on any atom is -0.489 e. The van der Waals surface area contributed by atoms with Gasteiger partial charge >= 0.3 is 6.09 Å². The van der Waals surface area contributed by atoms with E-state index in [-0.39, 0.29) is 30.0 Å². The molecule has 6 nitrogen and oxygen atoms in total. The summed E-state index contributed by atoms with van der Waals surface area (Å²) in [5, 5.41) is 3.20. The summed E-state index contributed by atoms with van der Waals surface area (Å²) in [6.07, 6.45) is 2.38. The van der Waals surface area contributed by atoms with Gasteiger partial charge in [0.25, 0.3) is 0 Å². The molecule has 1 aromatic carbocycles. The molecule has 1 aliphatic heterocycles. The molecule has 27 heavy (non-hydrogen) atoms. The zero-order valence-corrected chi connectivity index (χ0v) is 15.2. The van der Waals surface area contributed by atoms with Gasteiger partial charge in [-0.2, -0.15) is 0 Å². The maximum absolute atomic E-state index is 14.3. The van der Waals surface area contributed by atoms with E-state index in [9.17, 15) is 13.6 Å². The number of ether oxygens (including phenoxy) is 2. The van der Waals surface area contributed by atoms with Gasteiger partial charge in [0.1, 0.15) is 30.6 Å². The SMILES string of the molecule is CC1CNCC(C)N1C(=O)OCc1c(F)cc(OCc2ccoc2)cc1F. The highest BCUT2D eigenvalue weighted by atomic mass is 19.1. The second-order valence-electron chi connectivity index (χ2n) is 6.60.